The Morgan fingerprint density at radius 2 is 1.67 bits per heavy atom. The molecule has 1 N–H and O–H groups in total. The lowest BCUT2D eigenvalue weighted by molar-refractivity contribution is -0.120. The lowest BCUT2D eigenvalue weighted by atomic mass is 9.49. The van der Waals surface area contributed by atoms with Crippen LogP contribution in [0.2, 0.25) is 0 Å². The summed E-state index contributed by atoms with van der Waals surface area (Å²) in [5, 5.41) is 3.09. The zero-order valence-electron chi connectivity index (χ0n) is 17.6. The minimum Gasteiger partial charge on any atom is -0.350 e. The molecule has 1 aromatic carbocycles. The average Bonchev–Trinajstić information content (AvgIpc) is 2.68. The maximum absolute atomic E-state index is 13.1. The molecule has 4 saturated carbocycles. The first-order valence-corrected chi connectivity index (χ1v) is 12.3. The number of allylic oxidation sites excluding steroid dienone is 1. The molecule has 6 nitrogen and oxygen atoms in total. The molecule has 6 rings (SSSR count). The number of aryl methyl sites for hydroxylation is 1. The largest absolute Gasteiger partial charge is 0.350 e. The summed E-state index contributed by atoms with van der Waals surface area (Å²) < 4.78 is 30.1. The molecule has 0 aromatic heterocycles. The second kappa shape index (κ2) is 6.94. The van der Waals surface area contributed by atoms with E-state index in [0.717, 1.165) is 27.6 Å². The van der Waals surface area contributed by atoms with Crippen LogP contribution in [0, 0.1) is 30.1 Å². The van der Waals surface area contributed by atoms with Gasteiger partial charge >= 0.3 is 10.2 Å². The van der Waals surface area contributed by atoms with Crippen LogP contribution in [0.4, 0.5) is 0 Å². The molecule has 0 radical (unpaired) electrons. The number of amides is 1. The van der Waals surface area contributed by atoms with Crippen molar-refractivity contribution in [1.29, 1.82) is 0 Å². The van der Waals surface area contributed by atoms with E-state index in [1.54, 1.807) is 6.08 Å². The molecule has 0 saturated heterocycles. The molecule has 0 spiro atoms. The minimum atomic E-state index is -3.93. The summed E-state index contributed by atoms with van der Waals surface area (Å²) in [5.74, 6) is 2.09. The topological polar surface area (TPSA) is 78.8 Å². The summed E-state index contributed by atoms with van der Waals surface area (Å²) >= 11 is 0. The third kappa shape index (κ3) is 3.47. The molecule has 4 fully saturated rings. The van der Waals surface area contributed by atoms with Gasteiger partial charge < -0.3 is 5.32 Å². The predicted molar refractivity (Wildman–Crippen MR) is 116 cm³/mol. The van der Waals surface area contributed by atoms with Gasteiger partial charge in [-0.3, -0.25) is 4.79 Å². The molecule has 1 amide bonds. The number of benzene rings is 1. The van der Waals surface area contributed by atoms with Gasteiger partial charge in [0, 0.05) is 19.2 Å². The van der Waals surface area contributed by atoms with Crippen molar-refractivity contribution in [2.24, 2.45) is 27.6 Å². The van der Waals surface area contributed by atoms with Crippen molar-refractivity contribution < 1.29 is 13.2 Å². The second-order valence-electron chi connectivity index (χ2n) is 9.92. The fraction of sp³-hybridized carbons (Fsp3) is 0.565. The van der Waals surface area contributed by atoms with Crippen LogP contribution < -0.4 is 5.32 Å². The lowest BCUT2D eigenvalue weighted by Gasteiger charge is -2.56. The van der Waals surface area contributed by atoms with Crippen molar-refractivity contribution in [3.8, 4) is 0 Å². The Morgan fingerprint density at radius 3 is 2.23 bits per heavy atom. The lowest BCUT2D eigenvalue weighted by Crippen LogP contribution is -2.52. The number of rotatable bonds is 4. The molecule has 1 aromatic rings. The highest BCUT2D eigenvalue weighted by Crippen LogP contribution is 2.59. The molecule has 5 aliphatic rings. The van der Waals surface area contributed by atoms with E-state index in [1.165, 1.54) is 45.6 Å². The van der Waals surface area contributed by atoms with E-state index < -0.39 is 10.2 Å². The molecule has 30 heavy (non-hydrogen) atoms. The number of carbonyl (C=O) groups is 1. The summed E-state index contributed by atoms with van der Waals surface area (Å²) in [5.41, 5.74) is 2.39. The number of hydrogen-bond acceptors (Lipinski definition) is 3. The van der Waals surface area contributed by atoms with E-state index in [2.05, 4.69) is 9.71 Å². The molecule has 1 aliphatic heterocycles. The minimum absolute atomic E-state index is 0.130. The van der Waals surface area contributed by atoms with E-state index in [0.29, 0.717) is 17.8 Å². The van der Waals surface area contributed by atoms with Gasteiger partial charge in [0.15, 0.2) is 0 Å². The molecule has 4 bridgehead atoms. The molecular formula is C23H29N3O3S. The summed E-state index contributed by atoms with van der Waals surface area (Å²) in [6, 6.07) is 7.47. The van der Waals surface area contributed by atoms with Crippen LogP contribution in [0.3, 0.4) is 0 Å². The van der Waals surface area contributed by atoms with Gasteiger partial charge in [-0.1, -0.05) is 29.8 Å². The third-order valence-electron chi connectivity index (χ3n) is 7.54. The highest BCUT2D eigenvalue weighted by molar-refractivity contribution is 7.88. The number of nitrogens with one attached hydrogen (secondary N) is 1. The van der Waals surface area contributed by atoms with E-state index >= 15 is 0 Å². The molecular weight excluding hydrogens is 398 g/mol. The van der Waals surface area contributed by atoms with Crippen molar-refractivity contribution >= 4 is 21.8 Å². The maximum atomic E-state index is 13.1. The first kappa shape index (κ1) is 19.8. The summed E-state index contributed by atoms with van der Waals surface area (Å²) in [7, 11) is -2.54. The highest BCUT2D eigenvalue weighted by Gasteiger charge is 2.50. The van der Waals surface area contributed by atoms with Crippen molar-refractivity contribution in [3.05, 3.63) is 47.2 Å². The van der Waals surface area contributed by atoms with Crippen LogP contribution in [0.15, 0.2) is 40.4 Å². The van der Waals surface area contributed by atoms with E-state index in [9.17, 15) is 13.2 Å². The van der Waals surface area contributed by atoms with Gasteiger partial charge in [-0.05, 0) is 74.7 Å². The Bertz CT molecular complexity index is 1000. The quantitative estimate of drug-likeness (QED) is 0.801. The van der Waals surface area contributed by atoms with E-state index in [4.69, 9.17) is 0 Å². The van der Waals surface area contributed by atoms with Crippen LogP contribution in [0.25, 0.3) is 0 Å². The summed E-state index contributed by atoms with van der Waals surface area (Å²) in [4.78, 5) is 13.1. The smallest absolute Gasteiger partial charge is 0.345 e. The van der Waals surface area contributed by atoms with Crippen LogP contribution in [0.5, 0.6) is 0 Å². The van der Waals surface area contributed by atoms with Gasteiger partial charge in [-0.25, -0.2) is 4.31 Å². The van der Waals surface area contributed by atoms with Crippen LogP contribution in [0.1, 0.15) is 49.7 Å². The van der Waals surface area contributed by atoms with Gasteiger partial charge in [0.2, 0.25) is 0 Å². The highest BCUT2D eigenvalue weighted by atomic mass is 32.2. The summed E-state index contributed by atoms with van der Waals surface area (Å²) in [6.45, 7) is 2.60. The molecule has 0 unspecified atom stereocenters. The zero-order chi connectivity index (χ0) is 21.1. The Morgan fingerprint density at radius 1 is 1.10 bits per heavy atom. The van der Waals surface area contributed by atoms with Crippen LogP contribution in [-0.2, 0) is 15.0 Å². The Kier molecular flexibility index (Phi) is 4.58. The van der Waals surface area contributed by atoms with Crippen molar-refractivity contribution in [3.63, 3.8) is 0 Å². The number of hydrogen-bond donors (Lipinski definition) is 1. The SMILES string of the molecule is Cc1ccc(C2=NS(=O)(=O)N(C)C(C(=O)NCC34CC5CC(CC(C5)C3)C4)=C2)cc1. The summed E-state index contributed by atoms with van der Waals surface area (Å²) in [6.07, 6.45) is 9.25. The van der Waals surface area contributed by atoms with Crippen molar-refractivity contribution in [2.45, 2.75) is 45.4 Å². The zero-order valence-corrected chi connectivity index (χ0v) is 18.4. The Labute approximate surface area is 178 Å². The molecule has 4 aliphatic carbocycles. The van der Waals surface area contributed by atoms with Crippen molar-refractivity contribution in [2.75, 3.05) is 13.6 Å². The van der Waals surface area contributed by atoms with Gasteiger partial charge in [0.25, 0.3) is 5.91 Å². The standard InChI is InChI=1S/C23H29N3O3S/c1-15-3-5-19(6-4-15)20-10-21(26(2)30(28,29)25-20)22(27)24-14-23-11-16-7-17(12-23)9-18(8-16)13-23/h3-6,10,16-18H,7-9,11-14H2,1-2H3,(H,24,27). The van der Waals surface area contributed by atoms with Gasteiger partial charge in [0.1, 0.15) is 5.70 Å². The van der Waals surface area contributed by atoms with E-state index in [1.807, 2.05) is 31.2 Å². The molecule has 0 atom stereocenters. The van der Waals surface area contributed by atoms with Crippen LogP contribution >= 0.6 is 0 Å². The number of likely N-dealkylation sites (N-methyl/N-ethyl adjacent to an activating group) is 1. The molecule has 7 heteroatoms. The number of carbonyl (C=O) groups excluding carboxylic acids is 1. The Balaban J connectivity index is 1.36. The molecule has 160 valence electrons. The first-order valence-electron chi connectivity index (χ1n) is 10.9. The number of nitrogens with zero attached hydrogens (tertiary/aromatic N) is 2. The van der Waals surface area contributed by atoms with Gasteiger partial charge in [-0.2, -0.15) is 8.42 Å². The fourth-order valence-corrected chi connectivity index (χ4v) is 7.40. The average molecular weight is 428 g/mol. The predicted octanol–water partition coefficient (Wildman–Crippen LogP) is 3.19. The monoisotopic (exact) mass is 427 g/mol. The second-order valence-corrected chi connectivity index (χ2v) is 11.5. The van der Waals surface area contributed by atoms with Gasteiger partial charge in [0.05, 0.1) is 5.71 Å². The fourth-order valence-electron chi connectivity index (χ4n) is 6.49. The normalized spacial score (nSPS) is 33.8. The van der Waals surface area contributed by atoms with Gasteiger partial charge in [-0.15, -0.1) is 4.40 Å². The Hall–Kier alpha value is -2.15. The van der Waals surface area contributed by atoms with E-state index in [-0.39, 0.29) is 17.0 Å². The van der Waals surface area contributed by atoms with Crippen LogP contribution in [-0.4, -0.2) is 37.9 Å². The van der Waals surface area contributed by atoms with Crippen molar-refractivity contribution in [1.82, 2.24) is 9.62 Å². The third-order valence-corrected chi connectivity index (χ3v) is 8.86. The maximum Gasteiger partial charge on any atom is 0.345 e. The first-order chi connectivity index (χ1) is 14.2. The molecule has 1 heterocycles.